The van der Waals surface area contributed by atoms with Crippen LogP contribution in [0.2, 0.25) is 0 Å². The van der Waals surface area contributed by atoms with Crippen molar-refractivity contribution in [3.63, 3.8) is 0 Å². The molecule has 0 spiro atoms. The van der Waals surface area contributed by atoms with E-state index < -0.39 is 11.6 Å². The van der Waals surface area contributed by atoms with Crippen molar-refractivity contribution in [3.8, 4) is 17.1 Å². The summed E-state index contributed by atoms with van der Waals surface area (Å²) in [5.41, 5.74) is 2.17. The minimum absolute atomic E-state index is 0.112. The first-order chi connectivity index (χ1) is 10.5. The van der Waals surface area contributed by atoms with Crippen molar-refractivity contribution < 1.29 is 13.5 Å². The lowest BCUT2D eigenvalue weighted by atomic mass is 10.1. The Kier molecular flexibility index (Phi) is 3.71. The van der Waals surface area contributed by atoms with Crippen LogP contribution in [-0.2, 0) is 0 Å². The van der Waals surface area contributed by atoms with Gasteiger partial charge < -0.3 is 4.74 Å². The molecule has 0 radical (unpaired) electrons. The van der Waals surface area contributed by atoms with E-state index in [4.69, 9.17) is 4.74 Å². The van der Waals surface area contributed by atoms with Gasteiger partial charge in [0.15, 0.2) is 11.6 Å². The second-order valence-electron chi connectivity index (χ2n) is 5.16. The molecule has 0 aliphatic rings. The third-order valence-electron chi connectivity index (χ3n) is 3.08. The Morgan fingerprint density at radius 1 is 0.909 bits per heavy atom. The Balaban J connectivity index is 2.22. The zero-order chi connectivity index (χ0) is 15.7. The van der Waals surface area contributed by atoms with Gasteiger partial charge in [-0.05, 0) is 44.2 Å². The Morgan fingerprint density at radius 3 is 2.23 bits per heavy atom. The van der Waals surface area contributed by atoms with Crippen molar-refractivity contribution in [2.45, 2.75) is 20.0 Å². The van der Waals surface area contributed by atoms with Crippen molar-refractivity contribution in [2.24, 2.45) is 0 Å². The quantitative estimate of drug-likeness (QED) is 0.720. The van der Waals surface area contributed by atoms with Crippen molar-refractivity contribution >= 4 is 11.0 Å². The van der Waals surface area contributed by atoms with Crippen LogP contribution in [0.15, 0.2) is 42.5 Å². The van der Waals surface area contributed by atoms with E-state index >= 15 is 0 Å². The van der Waals surface area contributed by atoms with Crippen LogP contribution in [0.4, 0.5) is 8.78 Å². The highest BCUT2D eigenvalue weighted by atomic mass is 19.2. The van der Waals surface area contributed by atoms with E-state index in [1.807, 2.05) is 38.1 Å². The first-order valence-electron chi connectivity index (χ1n) is 6.93. The van der Waals surface area contributed by atoms with Gasteiger partial charge in [-0.15, -0.1) is 0 Å². The van der Waals surface area contributed by atoms with E-state index in [-0.39, 0.29) is 6.10 Å². The highest BCUT2D eigenvalue weighted by Crippen LogP contribution is 2.30. The number of rotatable bonds is 3. The maximum absolute atomic E-state index is 13.5. The molecule has 3 aromatic rings. The number of aromatic nitrogens is 2. The molecule has 112 valence electrons. The summed E-state index contributed by atoms with van der Waals surface area (Å²) in [4.78, 5) is 8.94. The zero-order valence-electron chi connectivity index (χ0n) is 12.2. The predicted octanol–water partition coefficient (Wildman–Crippen LogP) is 4.36. The normalized spacial score (nSPS) is 11.1. The van der Waals surface area contributed by atoms with Crippen LogP contribution in [-0.4, -0.2) is 16.1 Å². The molecule has 22 heavy (non-hydrogen) atoms. The molecule has 5 heteroatoms. The van der Waals surface area contributed by atoms with Gasteiger partial charge in [-0.25, -0.2) is 18.7 Å². The second kappa shape index (κ2) is 5.67. The van der Waals surface area contributed by atoms with E-state index in [1.54, 1.807) is 0 Å². The molecule has 0 atom stereocenters. The number of nitrogens with zero attached hydrogens (tertiary/aromatic N) is 2. The van der Waals surface area contributed by atoms with Crippen molar-refractivity contribution in [1.29, 1.82) is 0 Å². The van der Waals surface area contributed by atoms with E-state index in [1.165, 1.54) is 6.07 Å². The summed E-state index contributed by atoms with van der Waals surface area (Å²) in [5, 5.41) is 0. The minimum Gasteiger partial charge on any atom is -0.473 e. The molecular formula is C17H14F2N2O. The van der Waals surface area contributed by atoms with Crippen LogP contribution in [0.3, 0.4) is 0 Å². The zero-order valence-corrected chi connectivity index (χ0v) is 12.2. The van der Waals surface area contributed by atoms with Crippen LogP contribution >= 0.6 is 0 Å². The van der Waals surface area contributed by atoms with Gasteiger partial charge in [0.1, 0.15) is 5.69 Å². The van der Waals surface area contributed by atoms with Crippen molar-refractivity contribution in [3.05, 3.63) is 54.1 Å². The Bertz CT molecular complexity index is 834. The lowest BCUT2D eigenvalue weighted by Gasteiger charge is -2.13. The average Bonchev–Trinajstić information content (AvgIpc) is 2.49. The summed E-state index contributed by atoms with van der Waals surface area (Å²) in [7, 11) is 0. The molecular weight excluding hydrogens is 286 g/mol. The van der Waals surface area contributed by atoms with E-state index in [0.717, 1.165) is 12.1 Å². The molecule has 1 aromatic heterocycles. The van der Waals surface area contributed by atoms with Crippen LogP contribution in [0.25, 0.3) is 22.3 Å². The van der Waals surface area contributed by atoms with Gasteiger partial charge in [-0.2, -0.15) is 0 Å². The maximum Gasteiger partial charge on any atom is 0.241 e. The SMILES string of the molecule is CC(C)Oc1nc2ccccc2nc1-c1ccc(F)c(F)c1. The third-order valence-corrected chi connectivity index (χ3v) is 3.08. The monoisotopic (exact) mass is 300 g/mol. The predicted molar refractivity (Wildman–Crippen MR) is 80.7 cm³/mol. The Hall–Kier alpha value is -2.56. The van der Waals surface area contributed by atoms with Gasteiger partial charge in [-0.3, -0.25) is 0 Å². The smallest absolute Gasteiger partial charge is 0.241 e. The summed E-state index contributed by atoms with van der Waals surface area (Å²) >= 11 is 0. The number of benzene rings is 2. The fourth-order valence-electron chi connectivity index (χ4n) is 2.12. The van der Waals surface area contributed by atoms with E-state index in [9.17, 15) is 8.78 Å². The first kappa shape index (κ1) is 14.4. The van der Waals surface area contributed by atoms with Gasteiger partial charge in [0.25, 0.3) is 0 Å². The number of hydrogen-bond acceptors (Lipinski definition) is 3. The largest absolute Gasteiger partial charge is 0.473 e. The number of ether oxygens (including phenoxy) is 1. The third kappa shape index (κ3) is 2.74. The number of para-hydroxylation sites is 2. The molecule has 0 unspecified atom stereocenters. The fraction of sp³-hybridized carbons (Fsp3) is 0.176. The molecule has 3 nitrogen and oxygen atoms in total. The number of hydrogen-bond donors (Lipinski definition) is 0. The molecule has 2 aromatic carbocycles. The van der Waals surface area contributed by atoms with Crippen molar-refractivity contribution in [2.75, 3.05) is 0 Å². The highest BCUT2D eigenvalue weighted by Gasteiger charge is 2.15. The summed E-state index contributed by atoms with van der Waals surface area (Å²) in [6.45, 7) is 3.73. The van der Waals surface area contributed by atoms with Crippen LogP contribution in [0.5, 0.6) is 5.88 Å². The van der Waals surface area contributed by atoms with Gasteiger partial charge in [0.05, 0.1) is 17.1 Å². The number of fused-ring (bicyclic) bond motifs is 1. The standard InChI is InChI=1S/C17H14F2N2O/c1-10(2)22-17-16(11-7-8-12(18)13(19)9-11)20-14-5-3-4-6-15(14)21-17/h3-10H,1-2H3. The van der Waals surface area contributed by atoms with E-state index in [0.29, 0.717) is 28.2 Å². The van der Waals surface area contributed by atoms with Gasteiger partial charge in [0, 0.05) is 5.56 Å². The molecule has 1 heterocycles. The summed E-state index contributed by atoms with van der Waals surface area (Å²) in [5.74, 6) is -1.52. The molecule has 0 saturated carbocycles. The molecule has 0 amide bonds. The lowest BCUT2D eigenvalue weighted by molar-refractivity contribution is 0.234. The van der Waals surface area contributed by atoms with Crippen molar-refractivity contribution in [1.82, 2.24) is 9.97 Å². The summed E-state index contributed by atoms with van der Waals surface area (Å²) in [6, 6.07) is 11.0. The summed E-state index contributed by atoms with van der Waals surface area (Å²) < 4.78 is 32.3. The molecule has 3 rings (SSSR count). The van der Waals surface area contributed by atoms with Gasteiger partial charge in [-0.1, -0.05) is 12.1 Å². The highest BCUT2D eigenvalue weighted by molar-refractivity contribution is 5.79. The molecule has 0 saturated heterocycles. The second-order valence-corrected chi connectivity index (χ2v) is 5.16. The molecule has 0 N–H and O–H groups in total. The van der Waals surface area contributed by atoms with Crippen LogP contribution in [0, 0.1) is 11.6 Å². The van der Waals surface area contributed by atoms with Crippen LogP contribution < -0.4 is 4.74 Å². The molecule has 0 aliphatic carbocycles. The Labute approximate surface area is 126 Å². The molecule has 0 aliphatic heterocycles. The van der Waals surface area contributed by atoms with E-state index in [2.05, 4.69) is 9.97 Å². The van der Waals surface area contributed by atoms with Gasteiger partial charge >= 0.3 is 0 Å². The summed E-state index contributed by atoms with van der Waals surface area (Å²) in [6.07, 6.45) is -0.112. The topological polar surface area (TPSA) is 35.0 Å². The minimum atomic E-state index is -0.928. The maximum atomic E-state index is 13.5. The van der Waals surface area contributed by atoms with Crippen LogP contribution in [0.1, 0.15) is 13.8 Å². The fourth-order valence-corrected chi connectivity index (χ4v) is 2.12. The molecule has 0 bridgehead atoms. The molecule has 0 fully saturated rings. The number of halogens is 2. The average molecular weight is 300 g/mol. The lowest BCUT2D eigenvalue weighted by Crippen LogP contribution is -2.09. The first-order valence-corrected chi connectivity index (χ1v) is 6.93. The Morgan fingerprint density at radius 2 is 1.59 bits per heavy atom. The van der Waals surface area contributed by atoms with Gasteiger partial charge in [0.2, 0.25) is 5.88 Å².